The number of fused-ring (bicyclic) bond motifs is 1. The monoisotopic (exact) mass is 247 g/mol. The molecule has 1 aromatic carbocycles. The van der Waals surface area contributed by atoms with Crippen molar-refractivity contribution in [1.82, 2.24) is 4.98 Å². The van der Waals surface area contributed by atoms with Crippen LogP contribution in [0.15, 0.2) is 29.1 Å². The topological polar surface area (TPSA) is 96.5 Å². The summed E-state index contributed by atoms with van der Waals surface area (Å²) in [6.45, 7) is 1.24. The van der Waals surface area contributed by atoms with Gasteiger partial charge in [0.2, 0.25) is 0 Å². The van der Waals surface area contributed by atoms with Crippen molar-refractivity contribution in [1.29, 1.82) is 0 Å². The van der Waals surface area contributed by atoms with Gasteiger partial charge in [0.25, 0.3) is 5.56 Å². The van der Waals surface area contributed by atoms with E-state index >= 15 is 0 Å². The maximum Gasteiger partial charge on any atom is 0.341 e. The van der Waals surface area contributed by atoms with Gasteiger partial charge in [-0.05, 0) is 12.1 Å². The highest BCUT2D eigenvalue weighted by Crippen LogP contribution is 2.23. The average molecular weight is 247 g/mol. The molecular weight excluding hydrogens is 238 g/mol. The van der Waals surface area contributed by atoms with E-state index in [2.05, 4.69) is 4.98 Å². The Hall–Kier alpha value is -2.63. The zero-order valence-electron chi connectivity index (χ0n) is 9.39. The number of nitrogens with one attached hydrogen (secondary N) is 1. The maximum absolute atomic E-state index is 11.5. The van der Waals surface area contributed by atoms with E-state index in [0.717, 1.165) is 0 Å². The molecule has 0 radical (unpaired) electrons. The molecular formula is C12H9NO5. The first-order valence-corrected chi connectivity index (χ1v) is 5.07. The number of esters is 1. The Bertz CT molecular complexity index is 701. The summed E-state index contributed by atoms with van der Waals surface area (Å²) in [4.78, 5) is 35.7. The maximum atomic E-state index is 11.5. The molecule has 0 fully saturated rings. The Morgan fingerprint density at radius 3 is 2.67 bits per heavy atom. The third-order valence-electron chi connectivity index (χ3n) is 2.33. The van der Waals surface area contributed by atoms with Gasteiger partial charge in [-0.2, -0.15) is 0 Å². The molecule has 0 unspecified atom stereocenters. The summed E-state index contributed by atoms with van der Waals surface area (Å²) >= 11 is 0. The fourth-order valence-corrected chi connectivity index (χ4v) is 1.60. The minimum atomic E-state index is -1.31. The Morgan fingerprint density at radius 2 is 2.06 bits per heavy atom. The highest BCUT2D eigenvalue weighted by atomic mass is 16.5. The highest BCUT2D eigenvalue weighted by Gasteiger charge is 2.12. The van der Waals surface area contributed by atoms with Crippen LogP contribution in [0.1, 0.15) is 17.3 Å². The van der Waals surface area contributed by atoms with Crippen LogP contribution in [-0.2, 0) is 4.79 Å². The highest BCUT2D eigenvalue weighted by molar-refractivity contribution is 5.94. The Balaban J connectivity index is 2.72. The van der Waals surface area contributed by atoms with E-state index < -0.39 is 17.5 Å². The Labute approximate surface area is 101 Å². The second kappa shape index (κ2) is 4.33. The van der Waals surface area contributed by atoms with Crippen LogP contribution in [0.3, 0.4) is 0 Å². The van der Waals surface area contributed by atoms with Crippen molar-refractivity contribution >= 4 is 22.8 Å². The Morgan fingerprint density at radius 1 is 1.33 bits per heavy atom. The zero-order valence-corrected chi connectivity index (χ0v) is 9.39. The third-order valence-corrected chi connectivity index (χ3v) is 2.33. The number of carboxylic acids is 1. The molecule has 1 heterocycles. The second-order valence-electron chi connectivity index (χ2n) is 3.63. The number of aromatic amines is 1. The lowest BCUT2D eigenvalue weighted by Gasteiger charge is -2.06. The summed E-state index contributed by atoms with van der Waals surface area (Å²) in [6.07, 6.45) is 0. The van der Waals surface area contributed by atoms with Crippen LogP contribution in [-0.4, -0.2) is 22.0 Å². The number of carbonyl (C=O) groups excluding carboxylic acids is 1. The van der Waals surface area contributed by atoms with Crippen molar-refractivity contribution in [3.8, 4) is 5.75 Å². The van der Waals surface area contributed by atoms with Gasteiger partial charge in [-0.15, -0.1) is 0 Å². The fourth-order valence-electron chi connectivity index (χ4n) is 1.60. The molecule has 2 rings (SSSR count). The fraction of sp³-hybridized carbons (Fsp3) is 0.0833. The van der Waals surface area contributed by atoms with Gasteiger partial charge in [0, 0.05) is 12.3 Å². The van der Waals surface area contributed by atoms with E-state index in [0.29, 0.717) is 10.9 Å². The molecule has 0 amide bonds. The van der Waals surface area contributed by atoms with Crippen LogP contribution in [0.4, 0.5) is 0 Å². The lowest BCUT2D eigenvalue weighted by Crippen LogP contribution is -2.17. The lowest BCUT2D eigenvalue weighted by molar-refractivity contribution is -0.131. The number of hydrogen-bond donors (Lipinski definition) is 2. The molecule has 0 saturated heterocycles. The van der Waals surface area contributed by atoms with Crippen molar-refractivity contribution in [2.75, 3.05) is 0 Å². The number of rotatable bonds is 2. The van der Waals surface area contributed by atoms with E-state index in [1.165, 1.54) is 19.1 Å². The van der Waals surface area contributed by atoms with Crippen LogP contribution >= 0.6 is 0 Å². The lowest BCUT2D eigenvalue weighted by atomic mass is 10.1. The van der Waals surface area contributed by atoms with Gasteiger partial charge in [0.1, 0.15) is 5.56 Å². The molecule has 2 N–H and O–H groups in total. The number of para-hydroxylation sites is 1. The largest absolute Gasteiger partial charge is 0.477 e. The van der Waals surface area contributed by atoms with Gasteiger partial charge in [0.05, 0.1) is 5.52 Å². The number of benzene rings is 1. The Kier molecular flexibility index (Phi) is 2.85. The molecule has 0 bridgehead atoms. The van der Waals surface area contributed by atoms with Crippen molar-refractivity contribution in [2.45, 2.75) is 6.92 Å². The van der Waals surface area contributed by atoms with Crippen molar-refractivity contribution in [2.24, 2.45) is 0 Å². The van der Waals surface area contributed by atoms with E-state index in [9.17, 15) is 14.4 Å². The molecule has 0 saturated carbocycles. The number of carboxylic acid groups (broad SMARTS) is 1. The molecule has 0 aliphatic carbocycles. The van der Waals surface area contributed by atoms with Crippen LogP contribution in [0.25, 0.3) is 10.9 Å². The molecule has 2 aromatic rings. The normalized spacial score (nSPS) is 10.3. The molecule has 6 heteroatoms. The van der Waals surface area contributed by atoms with Gasteiger partial charge < -0.3 is 14.8 Å². The molecule has 0 aliphatic heterocycles. The summed E-state index contributed by atoms with van der Waals surface area (Å²) in [5.41, 5.74) is -0.806. The van der Waals surface area contributed by atoms with Gasteiger partial charge in [-0.3, -0.25) is 9.59 Å². The second-order valence-corrected chi connectivity index (χ2v) is 3.63. The third kappa shape index (κ3) is 2.08. The standard InChI is InChI=1S/C12H9NO5/c1-6(14)18-9-4-2-3-7-5-8(12(16)17)11(15)13-10(7)9/h2-5H,1H3,(H,13,15)(H,16,17). The SMILES string of the molecule is CC(=O)Oc1cccc2cc(C(=O)O)c(=O)[nH]c12. The summed E-state index contributed by atoms with van der Waals surface area (Å²) < 4.78 is 4.93. The average Bonchev–Trinajstić information content (AvgIpc) is 2.28. The van der Waals surface area contributed by atoms with Gasteiger partial charge >= 0.3 is 11.9 Å². The molecule has 0 atom stereocenters. The van der Waals surface area contributed by atoms with Gasteiger partial charge in [-0.25, -0.2) is 4.79 Å². The number of carbonyl (C=O) groups is 2. The van der Waals surface area contributed by atoms with Crippen molar-refractivity contribution in [3.05, 3.63) is 40.2 Å². The van der Waals surface area contributed by atoms with Crippen molar-refractivity contribution < 1.29 is 19.4 Å². The molecule has 0 spiro atoms. The minimum Gasteiger partial charge on any atom is -0.477 e. The van der Waals surface area contributed by atoms with E-state index in [-0.39, 0.29) is 11.3 Å². The molecule has 6 nitrogen and oxygen atoms in total. The number of aromatic carboxylic acids is 1. The van der Waals surface area contributed by atoms with Crippen LogP contribution in [0, 0.1) is 0 Å². The van der Waals surface area contributed by atoms with Crippen LogP contribution in [0.2, 0.25) is 0 Å². The summed E-state index contributed by atoms with van der Waals surface area (Å²) in [6, 6.07) is 5.97. The van der Waals surface area contributed by atoms with E-state index in [1.54, 1.807) is 12.1 Å². The van der Waals surface area contributed by atoms with Crippen LogP contribution < -0.4 is 10.3 Å². The predicted octanol–water partition coefficient (Wildman–Crippen LogP) is 1.15. The number of H-pyrrole nitrogens is 1. The first-order chi connectivity index (χ1) is 8.49. The number of ether oxygens (including phenoxy) is 1. The quantitative estimate of drug-likeness (QED) is 0.613. The number of pyridine rings is 1. The summed E-state index contributed by atoms with van der Waals surface area (Å²) in [5.74, 6) is -1.64. The predicted molar refractivity (Wildman–Crippen MR) is 62.8 cm³/mol. The van der Waals surface area contributed by atoms with E-state index in [4.69, 9.17) is 9.84 Å². The minimum absolute atomic E-state index is 0.189. The smallest absolute Gasteiger partial charge is 0.341 e. The number of aromatic nitrogens is 1. The van der Waals surface area contributed by atoms with Gasteiger partial charge in [0.15, 0.2) is 5.75 Å². The summed E-state index contributed by atoms with van der Waals surface area (Å²) in [7, 11) is 0. The molecule has 18 heavy (non-hydrogen) atoms. The summed E-state index contributed by atoms with van der Waals surface area (Å²) in [5, 5.41) is 9.31. The van der Waals surface area contributed by atoms with Crippen molar-refractivity contribution in [3.63, 3.8) is 0 Å². The molecule has 92 valence electrons. The zero-order chi connectivity index (χ0) is 13.3. The van der Waals surface area contributed by atoms with Crippen LogP contribution in [0.5, 0.6) is 5.75 Å². The molecule has 1 aromatic heterocycles. The first-order valence-electron chi connectivity index (χ1n) is 5.07. The van der Waals surface area contributed by atoms with E-state index in [1.807, 2.05) is 0 Å². The van der Waals surface area contributed by atoms with Gasteiger partial charge in [-0.1, -0.05) is 12.1 Å². The molecule has 0 aliphatic rings. The number of hydrogen-bond acceptors (Lipinski definition) is 4. The first kappa shape index (κ1) is 11.8.